The second kappa shape index (κ2) is 10.7. The summed E-state index contributed by atoms with van der Waals surface area (Å²) in [5, 5.41) is 3.94. The standard InChI is InChI=1S/C26H25FN4O4/c1-16-11-18(5-8-21(16)27)31-26-20-13-24(23(33-2)14-22(20)29-15-30-26)35-10-9-34-19-6-3-17(4-7-19)12-25(28)32/h3-8,11,13-15H,9-10,12H2,1-2H3,(H2,28,32)(H,29,30,31). The predicted molar refractivity (Wildman–Crippen MR) is 131 cm³/mol. The maximum atomic E-state index is 13.6. The average molecular weight is 477 g/mol. The molecular weight excluding hydrogens is 451 g/mol. The number of aromatic nitrogens is 2. The molecule has 3 N–H and O–H groups in total. The second-order valence-corrected chi connectivity index (χ2v) is 7.82. The van der Waals surface area contributed by atoms with Gasteiger partial charge >= 0.3 is 0 Å². The topological polar surface area (TPSA) is 109 Å². The zero-order valence-corrected chi connectivity index (χ0v) is 19.4. The van der Waals surface area contributed by atoms with Crippen LogP contribution in [0.3, 0.4) is 0 Å². The molecule has 0 aliphatic carbocycles. The minimum Gasteiger partial charge on any atom is -0.493 e. The first-order valence-electron chi connectivity index (χ1n) is 10.9. The minimum absolute atomic E-state index is 0.187. The molecule has 0 aliphatic heterocycles. The predicted octanol–water partition coefficient (Wildman–Crippen LogP) is 4.32. The zero-order chi connectivity index (χ0) is 24.8. The molecule has 0 radical (unpaired) electrons. The lowest BCUT2D eigenvalue weighted by Gasteiger charge is -2.14. The van der Waals surface area contributed by atoms with Crippen LogP contribution < -0.4 is 25.3 Å². The number of fused-ring (bicyclic) bond motifs is 1. The first kappa shape index (κ1) is 23.7. The summed E-state index contributed by atoms with van der Waals surface area (Å²) in [5.41, 5.74) is 7.93. The summed E-state index contributed by atoms with van der Waals surface area (Å²) in [6.07, 6.45) is 1.63. The van der Waals surface area contributed by atoms with E-state index in [1.54, 1.807) is 62.6 Å². The van der Waals surface area contributed by atoms with Crippen LogP contribution in [0.25, 0.3) is 10.9 Å². The van der Waals surface area contributed by atoms with E-state index in [1.807, 2.05) is 0 Å². The minimum atomic E-state index is -0.382. The van der Waals surface area contributed by atoms with Gasteiger partial charge in [0.1, 0.15) is 36.9 Å². The number of carbonyl (C=O) groups is 1. The molecule has 3 aromatic carbocycles. The Morgan fingerprint density at radius 2 is 1.77 bits per heavy atom. The molecule has 8 nitrogen and oxygen atoms in total. The Bertz CT molecular complexity index is 1350. The van der Waals surface area contributed by atoms with Gasteiger partial charge in [-0.25, -0.2) is 14.4 Å². The summed E-state index contributed by atoms with van der Waals surface area (Å²) in [4.78, 5) is 19.7. The van der Waals surface area contributed by atoms with Crippen molar-refractivity contribution in [1.29, 1.82) is 0 Å². The number of aryl methyl sites for hydroxylation is 1. The Labute approximate surface area is 201 Å². The summed E-state index contributed by atoms with van der Waals surface area (Å²) in [5.74, 6) is 1.59. The molecule has 4 rings (SSSR count). The van der Waals surface area contributed by atoms with Crippen molar-refractivity contribution in [2.24, 2.45) is 5.73 Å². The number of ether oxygens (including phenoxy) is 3. The Hall–Kier alpha value is -4.40. The number of amides is 1. The SMILES string of the molecule is COc1cc2ncnc(Nc3ccc(F)c(C)c3)c2cc1OCCOc1ccc(CC(N)=O)cc1. The molecule has 0 saturated carbocycles. The number of anilines is 2. The van der Waals surface area contributed by atoms with Crippen LogP contribution in [0.5, 0.6) is 17.2 Å². The highest BCUT2D eigenvalue weighted by atomic mass is 19.1. The van der Waals surface area contributed by atoms with Gasteiger partial charge in [0.25, 0.3) is 0 Å². The smallest absolute Gasteiger partial charge is 0.221 e. The fourth-order valence-corrected chi connectivity index (χ4v) is 3.51. The second-order valence-electron chi connectivity index (χ2n) is 7.82. The van der Waals surface area contributed by atoms with Crippen LogP contribution >= 0.6 is 0 Å². The lowest BCUT2D eigenvalue weighted by atomic mass is 10.1. The van der Waals surface area contributed by atoms with Crippen molar-refractivity contribution in [3.63, 3.8) is 0 Å². The summed E-state index contributed by atoms with van der Waals surface area (Å²) in [7, 11) is 1.56. The molecule has 4 aromatic rings. The molecule has 0 saturated heterocycles. The van der Waals surface area contributed by atoms with Crippen molar-refractivity contribution in [3.05, 3.63) is 77.9 Å². The van der Waals surface area contributed by atoms with Crippen molar-refractivity contribution >= 4 is 28.3 Å². The fourth-order valence-electron chi connectivity index (χ4n) is 3.51. The molecule has 0 unspecified atom stereocenters. The maximum absolute atomic E-state index is 13.6. The number of carbonyl (C=O) groups excluding carboxylic acids is 1. The number of hydrogen-bond acceptors (Lipinski definition) is 7. The number of nitrogens with two attached hydrogens (primary N) is 1. The first-order chi connectivity index (χ1) is 16.9. The highest BCUT2D eigenvalue weighted by Crippen LogP contribution is 2.35. The third-order valence-electron chi connectivity index (χ3n) is 5.25. The van der Waals surface area contributed by atoms with Gasteiger partial charge in [-0.2, -0.15) is 0 Å². The molecule has 0 fully saturated rings. The van der Waals surface area contributed by atoms with Crippen LogP contribution in [-0.4, -0.2) is 36.2 Å². The molecular formula is C26H25FN4O4. The van der Waals surface area contributed by atoms with E-state index >= 15 is 0 Å². The van der Waals surface area contributed by atoms with E-state index in [9.17, 15) is 9.18 Å². The number of halogens is 1. The average Bonchev–Trinajstić information content (AvgIpc) is 2.84. The fraction of sp³-hybridized carbons (Fsp3) is 0.192. The van der Waals surface area contributed by atoms with Gasteiger partial charge in [0.05, 0.1) is 19.0 Å². The molecule has 1 aromatic heterocycles. The van der Waals surface area contributed by atoms with E-state index in [4.69, 9.17) is 19.9 Å². The number of nitrogens with one attached hydrogen (secondary N) is 1. The Kier molecular flexibility index (Phi) is 7.25. The van der Waals surface area contributed by atoms with E-state index in [2.05, 4.69) is 15.3 Å². The molecule has 0 bridgehead atoms. The van der Waals surface area contributed by atoms with Gasteiger partial charge < -0.3 is 25.3 Å². The number of hydrogen-bond donors (Lipinski definition) is 2. The molecule has 35 heavy (non-hydrogen) atoms. The number of benzene rings is 3. The van der Waals surface area contributed by atoms with Gasteiger partial charge in [-0.1, -0.05) is 12.1 Å². The molecule has 9 heteroatoms. The number of rotatable bonds is 10. The van der Waals surface area contributed by atoms with Crippen molar-refractivity contribution in [3.8, 4) is 17.2 Å². The highest BCUT2D eigenvalue weighted by molar-refractivity contribution is 5.93. The normalized spacial score (nSPS) is 10.7. The Morgan fingerprint density at radius 3 is 2.49 bits per heavy atom. The molecule has 0 spiro atoms. The van der Waals surface area contributed by atoms with Crippen LogP contribution in [0.2, 0.25) is 0 Å². The summed E-state index contributed by atoms with van der Waals surface area (Å²) < 4.78 is 30.8. The van der Waals surface area contributed by atoms with Crippen molar-refractivity contribution < 1.29 is 23.4 Å². The summed E-state index contributed by atoms with van der Waals surface area (Å²) in [6.45, 7) is 2.26. The van der Waals surface area contributed by atoms with E-state index in [0.29, 0.717) is 46.4 Å². The first-order valence-corrected chi connectivity index (χ1v) is 10.9. The zero-order valence-electron chi connectivity index (χ0n) is 19.4. The van der Waals surface area contributed by atoms with Gasteiger partial charge in [-0.05, 0) is 54.4 Å². The van der Waals surface area contributed by atoms with Gasteiger partial charge in [-0.3, -0.25) is 4.79 Å². The molecule has 1 amide bonds. The largest absolute Gasteiger partial charge is 0.493 e. The van der Waals surface area contributed by atoms with Crippen LogP contribution in [0.4, 0.5) is 15.9 Å². The van der Waals surface area contributed by atoms with E-state index in [-0.39, 0.29) is 24.8 Å². The van der Waals surface area contributed by atoms with Gasteiger partial charge in [0, 0.05) is 17.1 Å². The van der Waals surface area contributed by atoms with E-state index in [1.165, 1.54) is 12.4 Å². The molecule has 180 valence electrons. The van der Waals surface area contributed by atoms with Crippen LogP contribution in [0.1, 0.15) is 11.1 Å². The van der Waals surface area contributed by atoms with Crippen LogP contribution in [0, 0.1) is 12.7 Å². The molecule has 0 atom stereocenters. The van der Waals surface area contributed by atoms with Crippen molar-refractivity contribution in [2.45, 2.75) is 13.3 Å². The quantitative estimate of drug-likeness (QED) is 0.328. The Morgan fingerprint density at radius 1 is 1.00 bits per heavy atom. The number of nitrogens with zero attached hydrogens (tertiary/aromatic N) is 2. The van der Waals surface area contributed by atoms with Crippen molar-refractivity contribution in [1.82, 2.24) is 9.97 Å². The summed E-state index contributed by atoms with van der Waals surface area (Å²) >= 11 is 0. The van der Waals surface area contributed by atoms with Gasteiger partial charge in [0.2, 0.25) is 5.91 Å². The van der Waals surface area contributed by atoms with Gasteiger partial charge in [0.15, 0.2) is 11.5 Å². The van der Waals surface area contributed by atoms with Gasteiger partial charge in [-0.15, -0.1) is 0 Å². The molecule has 1 heterocycles. The van der Waals surface area contributed by atoms with Crippen LogP contribution in [0.15, 0.2) is 60.9 Å². The van der Waals surface area contributed by atoms with E-state index < -0.39 is 0 Å². The van der Waals surface area contributed by atoms with Crippen molar-refractivity contribution in [2.75, 3.05) is 25.6 Å². The summed E-state index contributed by atoms with van der Waals surface area (Å²) in [6, 6.07) is 15.5. The van der Waals surface area contributed by atoms with E-state index in [0.717, 1.165) is 10.9 Å². The third kappa shape index (κ3) is 5.94. The monoisotopic (exact) mass is 476 g/mol. The van der Waals surface area contributed by atoms with Crippen LogP contribution in [-0.2, 0) is 11.2 Å². The number of methoxy groups -OCH3 is 1. The lowest BCUT2D eigenvalue weighted by molar-refractivity contribution is -0.117. The molecule has 0 aliphatic rings. The maximum Gasteiger partial charge on any atom is 0.221 e. The number of primary amides is 1. The lowest BCUT2D eigenvalue weighted by Crippen LogP contribution is -2.13. The highest BCUT2D eigenvalue weighted by Gasteiger charge is 2.12. The Balaban J connectivity index is 1.46. The third-order valence-corrected chi connectivity index (χ3v) is 5.25.